The number of likely N-dealkylation sites (N-methyl/N-ethyl adjacent to an activating group) is 1. The smallest absolute Gasteiger partial charge is 0.229 e. The van der Waals surface area contributed by atoms with Crippen LogP contribution in [0.1, 0.15) is 20.3 Å². The Labute approximate surface area is 198 Å². The summed E-state index contributed by atoms with van der Waals surface area (Å²) in [5, 5.41) is 0.618. The normalized spacial score (nSPS) is 11.9. The molecule has 1 amide bonds. The number of thioether (sulfide) groups is 1. The first-order chi connectivity index (χ1) is 15.4. The van der Waals surface area contributed by atoms with Gasteiger partial charge in [0.05, 0.1) is 20.9 Å². The third kappa shape index (κ3) is 6.10. The number of thiazole rings is 1. The number of amides is 1. The van der Waals surface area contributed by atoms with Gasteiger partial charge in [0, 0.05) is 24.4 Å². The molecule has 32 heavy (non-hydrogen) atoms. The predicted molar refractivity (Wildman–Crippen MR) is 135 cm³/mol. The number of hydrogen-bond acceptors (Lipinski definition) is 7. The first-order valence-corrected chi connectivity index (χ1v) is 14.3. The molecule has 0 saturated carbocycles. The quantitative estimate of drug-likeness (QED) is 0.366. The lowest BCUT2D eigenvalue weighted by atomic mass is 10.3. The van der Waals surface area contributed by atoms with E-state index in [0.29, 0.717) is 18.2 Å². The van der Waals surface area contributed by atoms with Crippen LogP contribution in [0.2, 0.25) is 0 Å². The van der Waals surface area contributed by atoms with E-state index in [1.54, 1.807) is 47.0 Å². The van der Waals surface area contributed by atoms with Crippen molar-refractivity contribution in [3.8, 4) is 0 Å². The first-order valence-electron chi connectivity index (χ1n) is 10.6. The Hall–Kier alpha value is -1.94. The van der Waals surface area contributed by atoms with Crippen LogP contribution in [0.3, 0.4) is 0 Å². The molecule has 0 saturated heterocycles. The van der Waals surface area contributed by atoms with Gasteiger partial charge in [0.2, 0.25) is 5.91 Å². The summed E-state index contributed by atoms with van der Waals surface area (Å²) in [7, 11) is -3.52. The third-order valence-corrected chi connectivity index (χ3v) is 8.84. The standard InChI is InChI=1S/C23H29N3O3S3/c1-4-25(5-2)14-15-26(23-24-20-12-11-18(30-3)17-21(20)31-23)22(27)13-16-32(28,29)19-9-7-6-8-10-19/h6-12,17H,4-5,13-16H2,1-3H3. The minimum Gasteiger partial charge on any atom is -0.302 e. The highest BCUT2D eigenvalue weighted by Crippen LogP contribution is 2.32. The lowest BCUT2D eigenvalue weighted by Gasteiger charge is -2.24. The summed E-state index contributed by atoms with van der Waals surface area (Å²) in [6.07, 6.45) is 1.94. The fourth-order valence-electron chi connectivity index (χ4n) is 3.35. The Bertz CT molecular complexity index is 1140. The number of aromatic nitrogens is 1. The maximum atomic E-state index is 13.2. The summed E-state index contributed by atoms with van der Waals surface area (Å²) >= 11 is 3.13. The average Bonchev–Trinajstić information content (AvgIpc) is 3.23. The van der Waals surface area contributed by atoms with Crippen molar-refractivity contribution in [1.82, 2.24) is 9.88 Å². The maximum Gasteiger partial charge on any atom is 0.229 e. The van der Waals surface area contributed by atoms with Crippen molar-refractivity contribution < 1.29 is 13.2 Å². The van der Waals surface area contributed by atoms with Gasteiger partial charge in [-0.25, -0.2) is 13.4 Å². The van der Waals surface area contributed by atoms with Gasteiger partial charge in [0.25, 0.3) is 0 Å². The molecule has 0 fully saturated rings. The molecular weight excluding hydrogens is 462 g/mol. The monoisotopic (exact) mass is 491 g/mol. The van der Waals surface area contributed by atoms with Crippen LogP contribution in [0.5, 0.6) is 0 Å². The zero-order valence-corrected chi connectivity index (χ0v) is 21.1. The molecule has 3 rings (SSSR count). The van der Waals surface area contributed by atoms with Crippen LogP contribution in [0.4, 0.5) is 5.13 Å². The number of sulfone groups is 1. The van der Waals surface area contributed by atoms with Crippen LogP contribution in [-0.2, 0) is 14.6 Å². The maximum absolute atomic E-state index is 13.2. The van der Waals surface area contributed by atoms with Gasteiger partial charge in [-0.05, 0) is 49.7 Å². The number of carbonyl (C=O) groups is 1. The molecule has 0 aliphatic carbocycles. The fraction of sp³-hybridized carbons (Fsp3) is 0.391. The summed E-state index contributed by atoms with van der Waals surface area (Å²) in [6.45, 7) is 7.13. The Morgan fingerprint density at radius 1 is 1.06 bits per heavy atom. The number of hydrogen-bond donors (Lipinski definition) is 0. The van der Waals surface area contributed by atoms with E-state index in [9.17, 15) is 13.2 Å². The Balaban J connectivity index is 1.82. The van der Waals surface area contributed by atoms with E-state index in [1.807, 2.05) is 18.4 Å². The molecule has 0 N–H and O–H groups in total. The molecule has 1 heterocycles. The molecule has 2 aromatic carbocycles. The summed E-state index contributed by atoms with van der Waals surface area (Å²) in [5.41, 5.74) is 0.848. The Morgan fingerprint density at radius 3 is 2.44 bits per heavy atom. The van der Waals surface area contributed by atoms with Crippen LogP contribution < -0.4 is 4.90 Å². The van der Waals surface area contributed by atoms with E-state index in [-0.39, 0.29) is 23.0 Å². The zero-order chi connectivity index (χ0) is 23.1. The molecule has 0 aliphatic rings. The van der Waals surface area contributed by atoms with Crippen LogP contribution >= 0.6 is 23.1 Å². The van der Waals surface area contributed by atoms with E-state index in [0.717, 1.165) is 28.2 Å². The molecule has 0 spiro atoms. The first kappa shape index (κ1) is 24.7. The average molecular weight is 492 g/mol. The lowest BCUT2D eigenvalue weighted by Crippen LogP contribution is -2.39. The minimum absolute atomic E-state index is 0.0819. The summed E-state index contributed by atoms with van der Waals surface area (Å²) in [5.74, 6) is -0.445. The number of nitrogens with zero attached hydrogens (tertiary/aromatic N) is 3. The van der Waals surface area contributed by atoms with E-state index in [4.69, 9.17) is 0 Å². The zero-order valence-electron chi connectivity index (χ0n) is 18.7. The molecule has 0 bridgehead atoms. The Kier molecular flexibility index (Phi) is 8.70. The summed E-state index contributed by atoms with van der Waals surface area (Å²) in [6, 6.07) is 14.3. The minimum atomic E-state index is -3.52. The van der Waals surface area contributed by atoms with Gasteiger partial charge in [-0.15, -0.1) is 11.8 Å². The number of carbonyl (C=O) groups excluding carboxylic acids is 1. The summed E-state index contributed by atoms with van der Waals surface area (Å²) in [4.78, 5) is 23.2. The van der Waals surface area contributed by atoms with E-state index < -0.39 is 9.84 Å². The van der Waals surface area contributed by atoms with Crippen molar-refractivity contribution in [3.05, 3.63) is 48.5 Å². The summed E-state index contributed by atoms with van der Waals surface area (Å²) < 4.78 is 26.4. The molecule has 6 nitrogen and oxygen atoms in total. The number of benzene rings is 2. The van der Waals surface area contributed by atoms with Gasteiger partial charge in [0.15, 0.2) is 15.0 Å². The molecule has 172 valence electrons. The number of rotatable bonds is 11. The fourth-order valence-corrected chi connectivity index (χ4v) is 6.16. The van der Waals surface area contributed by atoms with Gasteiger partial charge < -0.3 is 4.90 Å². The molecule has 0 aliphatic heterocycles. The highest BCUT2D eigenvalue weighted by molar-refractivity contribution is 7.98. The third-order valence-electron chi connectivity index (χ3n) is 5.34. The second-order valence-electron chi connectivity index (χ2n) is 7.28. The van der Waals surface area contributed by atoms with Gasteiger partial charge in [-0.2, -0.15) is 0 Å². The van der Waals surface area contributed by atoms with Crippen molar-refractivity contribution in [2.75, 3.05) is 43.1 Å². The molecule has 3 aromatic rings. The molecule has 1 aromatic heterocycles. The SMILES string of the molecule is CCN(CC)CCN(C(=O)CCS(=O)(=O)c1ccccc1)c1nc2ccc(SC)cc2s1. The largest absolute Gasteiger partial charge is 0.302 e. The van der Waals surface area contributed by atoms with Crippen molar-refractivity contribution in [3.63, 3.8) is 0 Å². The van der Waals surface area contributed by atoms with Gasteiger partial charge >= 0.3 is 0 Å². The highest BCUT2D eigenvalue weighted by atomic mass is 32.2. The topological polar surface area (TPSA) is 70.6 Å². The van der Waals surface area contributed by atoms with E-state index in [1.165, 1.54) is 11.3 Å². The number of anilines is 1. The predicted octanol–water partition coefficient (Wildman–Crippen LogP) is 4.56. The van der Waals surface area contributed by atoms with E-state index >= 15 is 0 Å². The van der Waals surface area contributed by atoms with Gasteiger partial charge in [-0.1, -0.05) is 43.4 Å². The van der Waals surface area contributed by atoms with Crippen molar-refractivity contribution >= 4 is 54.2 Å². The van der Waals surface area contributed by atoms with Crippen LogP contribution in [0.25, 0.3) is 10.2 Å². The van der Waals surface area contributed by atoms with Gasteiger partial charge in [-0.3, -0.25) is 9.69 Å². The molecule has 0 atom stereocenters. The van der Waals surface area contributed by atoms with Crippen LogP contribution in [0, 0.1) is 0 Å². The second kappa shape index (κ2) is 11.3. The van der Waals surface area contributed by atoms with Gasteiger partial charge in [0.1, 0.15) is 0 Å². The molecule has 9 heteroatoms. The molecule has 0 radical (unpaired) electrons. The van der Waals surface area contributed by atoms with E-state index in [2.05, 4.69) is 29.8 Å². The lowest BCUT2D eigenvalue weighted by molar-refractivity contribution is -0.118. The van der Waals surface area contributed by atoms with Crippen LogP contribution in [0.15, 0.2) is 58.3 Å². The van der Waals surface area contributed by atoms with Crippen molar-refractivity contribution in [2.24, 2.45) is 0 Å². The highest BCUT2D eigenvalue weighted by Gasteiger charge is 2.23. The second-order valence-corrected chi connectivity index (χ2v) is 11.3. The molecule has 0 unspecified atom stereocenters. The van der Waals surface area contributed by atoms with Crippen molar-refractivity contribution in [1.29, 1.82) is 0 Å². The van der Waals surface area contributed by atoms with Crippen LogP contribution in [-0.4, -0.2) is 62.4 Å². The Morgan fingerprint density at radius 2 is 1.78 bits per heavy atom. The molecular formula is C23H29N3O3S3. The number of fused-ring (bicyclic) bond motifs is 1. The van der Waals surface area contributed by atoms with Crippen molar-refractivity contribution in [2.45, 2.75) is 30.1 Å².